The zero-order valence-corrected chi connectivity index (χ0v) is 7.48. The van der Waals surface area contributed by atoms with Crippen LogP contribution in [0.1, 0.15) is 26.0 Å². The largest absolute Gasteiger partial charge is 0.0776 e. The van der Waals surface area contributed by atoms with Gasteiger partial charge in [0, 0.05) is 0 Å². The maximum absolute atomic E-state index is 2.16. The van der Waals surface area contributed by atoms with Gasteiger partial charge in [-0.1, -0.05) is 75.5 Å². The molecule has 0 aliphatic carbocycles. The molecule has 80 valence electrons. The van der Waals surface area contributed by atoms with Crippen LogP contribution in [0.5, 0.6) is 0 Å². The van der Waals surface area contributed by atoms with Crippen molar-refractivity contribution < 1.29 is 0 Å². The molecule has 0 bridgehead atoms. The number of rotatable bonds is 2. The molecule has 15 heavy (non-hydrogen) atoms. The second kappa shape index (κ2) is 6.83. The lowest BCUT2D eigenvalue weighted by Crippen LogP contribution is -1.85. The third kappa shape index (κ3) is 3.99. The van der Waals surface area contributed by atoms with Crippen molar-refractivity contribution in [3.8, 4) is 0 Å². The lowest BCUT2D eigenvalue weighted by Gasteiger charge is -2.00. The van der Waals surface area contributed by atoms with Crippen molar-refractivity contribution in [3.05, 3.63) is 71.8 Å². The smallest absolute Gasteiger partial charge is 0.00258 e. The third-order valence-corrected chi connectivity index (χ3v) is 2.09. The Bertz CT molecular complexity index is 311. The van der Waals surface area contributed by atoms with Crippen molar-refractivity contribution in [2.24, 2.45) is 0 Å². The van der Waals surface area contributed by atoms with E-state index in [1.807, 2.05) is 0 Å². The van der Waals surface area contributed by atoms with E-state index in [0.717, 1.165) is 6.42 Å². The van der Waals surface area contributed by atoms with E-state index in [2.05, 4.69) is 60.7 Å². The normalized spacial score (nSPS) is 8.53. The molecule has 0 amide bonds. The highest BCUT2D eigenvalue weighted by atomic mass is 14.0. The molecule has 0 heterocycles. The van der Waals surface area contributed by atoms with Crippen LogP contribution in [0.25, 0.3) is 0 Å². The highest BCUT2D eigenvalue weighted by Gasteiger charge is 1.92. The van der Waals surface area contributed by atoms with Gasteiger partial charge in [0.2, 0.25) is 0 Å². The Morgan fingerprint density at radius 1 is 0.533 bits per heavy atom. The van der Waals surface area contributed by atoms with Crippen LogP contribution in [0.2, 0.25) is 0 Å². The Labute approximate surface area is 93.6 Å². The minimum Gasteiger partial charge on any atom is -0.0776 e. The van der Waals surface area contributed by atoms with E-state index in [9.17, 15) is 0 Å². The van der Waals surface area contributed by atoms with Crippen molar-refractivity contribution in [1.82, 2.24) is 0 Å². The van der Waals surface area contributed by atoms with Crippen LogP contribution in [0.3, 0.4) is 0 Å². The molecule has 2 aromatic carbocycles. The van der Waals surface area contributed by atoms with Gasteiger partial charge in [-0.25, -0.2) is 0 Å². The van der Waals surface area contributed by atoms with Crippen LogP contribution in [0.15, 0.2) is 60.7 Å². The predicted molar refractivity (Wildman–Crippen MR) is 69.2 cm³/mol. The first-order valence-corrected chi connectivity index (χ1v) is 4.53. The first-order valence-electron chi connectivity index (χ1n) is 4.53. The summed E-state index contributed by atoms with van der Waals surface area (Å²) in [6.07, 6.45) is 1.03. The lowest BCUT2D eigenvalue weighted by atomic mass is 10.1. The highest BCUT2D eigenvalue weighted by Crippen LogP contribution is 2.07. The summed E-state index contributed by atoms with van der Waals surface area (Å²) in [5.41, 5.74) is 2.74. The molecule has 0 saturated carbocycles. The number of benzene rings is 2. The molecule has 0 aliphatic rings. The van der Waals surface area contributed by atoms with Gasteiger partial charge in [0.1, 0.15) is 0 Å². The van der Waals surface area contributed by atoms with E-state index in [4.69, 9.17) is 0 Å². The maximum atomic E-state index is 2.16. The summed E-state index contributed by atoms with van der Waals surface area (Å²) in [5.74, 6) is 0. The third-order valence-electron chi connectivity index (χ3n) is 2.09. The van der Waals surface area contributed by atoms with E-state index in [0.29, 0.717) is 0 Å². The SMILES string of the molecule is C.C.c1ccc(Cc2ccccc2)cc1. The Morgan fingerprint density at radius 3 is 1.20 bits per heavy atom. The molecule has 0 radical (unpaired) electrons. The molecule has 0 unspecified atom stereocenters. The van der Waals surface area contributed by atoms with Gasteiger partial charge < -0.3 is 0 Å². The summed E-state index contributed by atoms with van der Waals surface area (Å²) < 4.78 is 0. The van der Waals surface area contributed by atoms with Crippen molar-refractivity contribution in [3.63, 3.8) is 0 Å². The zero-order chi connectivity index (χ0) is 8.93. The molecule has 2 aromatic rings. The summed E-state index contributed by atoms with van der Waals surface area (Å²) in [5, 5.41) is 0. The van der Waals surface area contributed by atoms with Crippen molar-refractivity contribution in [1.29, 1.82) is 0 Å². The maximum Gasteiger partial charge on any atom is -0.00258 e. The molecule has 0 nitrogen and oxygen atoms in total. The number of hydrogen-bond donors (Lipinski definition) is 0. The number of hydrogen-bond acceptors (Lipinski definition) is 0. The standard InChI is InChI=1S/C13H12.2CH4/c1-3-7-12(8-4-1)11-13-9-5-2-6-10-13;;/h1-10H,11H2;2*1H4. The molecule has 0 heteroatoms. The summed E-state index contributed by atoms with van der Waals surface area (Å²) in [6.45, 7) is 0. The van der Waals surface area contributed by atoms with Crippen LogP contribution >= 0.6 is 0 Å². The van der Waals surface area contributed by atoms with Gasteiger partial charge >= 0.3 is 0 Å². The van der Waals surface area contributed by atoms with Gasteiger partial charge in [-0.15, -0.1) is 0 Å². The summed E-state index contributed by atoms with van der Waals surface area (Å²) in [6, 6.07) is 21.1. The minimum absolute atomic E-state index is 0. The first kappa shape index (κ1) is 13.4. The summed E-state index contributed by atoms with van der Waals surface area (Å²) in [4.78, 5) is 0. The second-order valence-corrected chi connectivity index (χ2v) is 3.15. The second-order valence-electron chi connectivity index (χ2n) is 3.15. The summed E-state index contributed by atoms with van der Waals surface area (Å²) in [7, 11) is 0. The van der Waals surface area contributed by atoms with Crippen LogP contribution in [0.4, 0.5) is 0 Å². The van der Waals surface area contributed by atoms with Crippen molar-refractivity contribution in [2.45, 2.75) is 21.3 Å². The minimum atomic E-state index is 0. The van der Waals surface area contributed by atoms with E-state index in [-0.39, 0.29) is 14.9 Å². The Hall–Kier alpha value is -1.56. The molecule has 0 spiro atoms. The molecule has 2 rings (SSSR count). The monoisotopic (exact) mass is 200 g/mol. The van der Waals surface area contributed by atoms with E-state index in [1.54, 1.807) is 0 Å². The lowest BCUT2D eigenvalue weighted by molar-refractivity contribution is 1.19. The Kier molecular flexibility index (Phi) is 6.12. The zero-order valence-electron chi connectivity index (χ0n) is 7.48. The van der Waals surface area contributed by atoms with Crippen molar-refractivity contribution in [2.75, 3.05) is 0 Å². The fraction of sp³-hybridized carbons (Fsp3) is 0.200. The van der Waals surface area contributed by atoms with E-state index in [1.165, 1.54) is 11.1 Å². The topological polar surface area (TPSA) is 0 Å². The fourth-order valence-electron chi connectivity index (χ4n) is 1.43. The molecule has 0 aromatic heterocycles. The van der Waals surface area contributed by atoms with Gasteiger partial charge in [-0.2, -0.15) is 0 Å². The molecule has 0 fully saturated rings. The average Bonchev–Trinajstić information content (AvgIpc) is 2.21. The van der Waals surface area contributed by atoms with Gasteiger partial charge in [0.25, 0.3) is 0 Å². The summed E-state index contributed by atoms with van der Waals surface area (Å²) >= 11 is 0. The van der Waals surface area contributed by atoms with E-state index >= 15 is 0 Å². The quantitative estimate of drug-likeness (QED) is 0.667. The molecule has 0 N–H and O–H groups in total. The average molecular weight is 200 g/mol. The molecule has 0 aliphatic heterocycles. The van der Waals surface area contributed by atoms with E-state index < -0.39 is 0 Å². The van der Waals surface area contributed by atoms with Gasteiger partial charge in [0.05, 0.1) is 0 Å². The Balaban J connectivity index is 0.000000980. The van der Waals surface area contributed by atoms with Crippen molar-refractivity contribution >= 4 is 0 Å². The van der Waals surface area contributed by atoms with Gasteiger partial charge in [0.15, 0.2) is 0 Å². The molecule has 0 saturated heterocycles. The van der Waals surface area contributed by atoms with Crippen LogP contribution in [-0.4, -0.2) is 0 Å². The molecule has 0 atom stereocenters. The van der Waals surface area contributed by atoms with Gasteiger partial charge in [-0.3, -0.25) is 0 Å². The van der Waals surface area contributed by atoms with Crippen LogP contribution in [0, 0.1) is 0 Å². The van der Waals surface area contributed by atoms with Crippen LogP contribution in [-0.2, 0) is 6.42 Å². The predicted octanol–water partition coefficient (Wildman–Crippen LogP) is 4.55. The van der Waals surface area contributed by atoms with Crippen LogP contribution < -0.4 is 0 Å². The molecular weight excluding hydrogens is 180 g/mol. The highest BCUT2D eigenvalue weighted by molar-refractivity contribution is 5.25. The first-order chi connectivity index (χ1) is 6.45. The van der Waals surface area contributed by atoms with Gasteiger partial charge in [-0.05, 0) is 17.5 Å². The Morgan fingerprint density at radius 2 is 0.867 bits per heavy atom. The molecular formula is C15H20. The fourth-order valence-corrected chi connectivity index (χ4v) is 1.43.